The fourth-order valence-corrected chi connectivity index (χ4v) is 19.9. The summed E-state index contributed by atoms with van der Waals surface area (Å²) in [6.07, 6.45) is -0.244. The van der Waals surface area contributed by atoms with E-state index in [1.807, 2.05) is 42.5 Å². The van der Waals surface area contributed by atoms with Gasteiger partial charge in [0.05, 0.1) is 0 Å². The van der Waals surface area contributed by atoms with Crippen LogP contribution in [0.3, 0.4) is 0 Å². The molecule has 2 aromatic heterocycles. The van der Waals surface area contributed by atoms with E-state index in [1.165, 1.54) is 110 Å². The van der Waals surface area contributed by atoms with Gasteiger partial charge in [0, 0.05) is 36.4 Å². The van der Waals surface area contributed by atoms with Crippen molar-refractivity contribution in [2.24, 2.45) is 21.7 Å². The molecule has 0 spiro atoms. The van der Waals surface area contributed by atoms with Gasteiger partial charge >= 0.3 is 6.18 Å². The van der Waals surface area contributed by atoms with E-state index in [4.69, 9.17) is 4.42 Å². The van der Waals surface area contributed by atoms with E-state index in [0.717, 1.165) is 48.0 Å². The number of furan rings is 1. The molecule has 0 N–H and O–H groups in total. The molecular formula is C93H105F3OSSi. The van der Waals surface area contributed by atoms with Crippen LogP contribution in [0.15, 0.2) is 192 Å². The fourth-order valence-electron chi connectivity index (χ4n) is 15.5. The molecule has 0 bridgehead atoms. The lowest BCUT2D eigenvalue weighted by atomic mass is 9.78. The van der Waals surface area contributed by atoms with Gasteiger partial charge in [-0.3, -0.25) is 0 Å². The summed E-state index contributed by atoms with van der Waals surface area (Å²) < 4.78 is 51.1. The first-order valence-electron chi connectivity index (χ1n) is 35.7. The van der Waals surface area contributed by atoms with Gasteiger partial charge in [0.25, 0.3) is 0 Å². The van der Waals surface area contributed by atoms with Crippen molar-refractivity contribution in [1.29, 1.82) is 0 Å². The minimum absolute atomic E-state index is 0.0327. The quantitative estimate of drug-likeness (QED) is 0.160. The van der Waals surface area contributed by atoms with Crippen LogP contribution in [0.5, 0.6) is 0 Å². The van der Waals surface area contributed by atoms with Gasteiger partial charge in [0.15, 0.2) is 0 Å². The first-order chi connectivity index (χ1) is 46.1. The molecular weight excluding hydrogens is 1250 g/mol. The van der Waals surface area contributed by atoms with Gasteiger partial charge in [0.2, 0.25) is 0 Å². The molecule has 0 amide bonds. The van der Waals surface area contributed by atoms with Crippen molar-refractivity contribution in [2.75, 3.05) is 0 Å². The van der Waals surface area contributed by atoms with Crippen LogP contribution in [-0.2, 0) is 36.5 Å². The number of thiophene rings is 1. The molecule has 6 heteroatoms. The van der Waals surface area contributed by atoms with E-state index in [2.05, 4.69) is 289 Å². The Labute approximate surface area is 595 Å². The number of halogens is 3. The average molecular weight is 1360 g/mol. The zero-order valence-corrected chi connectivity index (χ0v) is 65.0. The maximum absolute atomic E-state index is 14.1. The number of alkyl halides is 3. The maximum atomic E-state index is 14.1. The van der Waals surface area contributed by atoms with Gasteiger partial charge in [-0.2, -0.15) is 13.2 Å². The van der Waals surface area contributed by atoms with Gasteiger partial charge < -0.3 is 4.42 Å². The Balaban J connectivity index is 0.000000126. The van der Waals surface area contributed by atoms with E-state index in [9.17, 15) is 13.2 Å². The van der Waals surface area contributed by atoms with Gasteiger partial charge in [0.1, 0.15) is 24.7 Å². The molecule has 1 aliphatic heterocycles. The molecule has 3 aliphatic rings. The zero-order valence-electron chi connectivity index (χ0n) is 63.2. The molecule has 0 saturated heterocycles. The molecule has 1 nitrogen and oxygen atoms in total. The van der Waals surface area contributed by atoms with Crippen LogP contribution < -0.4 is 10.4 Å². The van der Waals surface area contributed by atoms with Gasteiger partial charge in [-0.15, -0.1) is 11.3 Å². The topological polar surface area (TPSA) is 13.1 Å². The van der Waals surface area contributed by atoms with E-state index >= 15 is 0 Å². The Morgan fingerprint density at radius 1 is 0.343 bits per heavy atom. The molecule has 99 heavy (non-hydrogen) atoms. The molecule has 0 radical (unpaired) electrons. The monoisotopic (exact) mass is 1350 g/mol. The third-order valence-corrected chi connectivity index (χ3v) is 24.8. The summed E-state index contributed by atoms with van der Waals surface area (Å²) in [7, 11) is -1.41. The predicted octanol–water partition coefficient (Wildman–Crippen LogP) is 26.6. The average Bonchev–Trinajstić information content (AvgIpc) is 1.55. The van der Waals surface area contributed by atoms with Crippen molar-refractivity contribution in [2.45, 2.75) is 194 Å². The molecule has 1 atom stereocenters. The lowest BCUT2D eigenvalue weighted by Crippen LogP contribution is -2.49. The molecule has 0 saturated carbocycles. The van der Waals surface area contributed by atoms with Crippen molar-refractivity contribution in [1.82, 2.24) is 0 Å². The number of fused-ring (bicyclic) bond motifs is 15. The standard InChI is InChI=1S/C21H23F3.C21H26.C18H20O.C18H20S.C15H16Si/c1-13-6-8-15-16-9-7-14(12-19(2,3)4)11-18(16)20(5,17(15)10-13)21(22,23)24;1-14-7-9-16-17-10-8-15(13-20(2,3)4)12-19(17)21(5,6)18(16)11-14;2*1-12-5-7-14-15-8-6-13(11-18(2,3)4)10-17(15)19-16(14)9-12;1-11-8-9-13-12-6-4-5-7-14(12)16(2,3)15(13)10-11/h6-11H,12H2,1-5H3;7-12H,13H2,1-6H3;2*5-10H,11H2,1-4H3;4-10H,1-3H3. The maximum Gasteiger partial charge on any atom is 0.402 e. The zero-order chi connectivity index (χ0) is 71.9. The molecule has 2 aliphatic carbocycles. The lowest BCUT2D eigenvalue weighted by molar-refractivity contribution is -0.172. The lowest BCUT2D eigenvalue weighted by Gasteiger charge is -2.31. The Kier molecular flexibility index (Phi) is 19.5. The van der Waals surface area contributed by atoms with Crippen molar-refractivity contribution in [3.05, 3.63) is 260 Å². The van der Waals surface area contributed by atoms with E-state index < -0.39 is 19.7 Å². The van der Waals surface area contributed by atoms with Crippen LogP contribution in [0.2, 0.25) is 13.1 Å². The van der Waals surface area contributed by atoms with E-state index in [1.54, 1.807) is 22.5 Å². The van der Waals surface area contributed by atoms with Crippen molar-refractivity contribution in [3.63, 3.8) is 0 Å². The molecule has 10 aromatic carbocycles. The second kappa shape index (κ2) is 26.6. The Bertz CT molecular complexity index is 4880. The summed E-state index contributed by atoms with van der Waals surface area (Å²) >= 11 is 1.92. The third-order valence-electron chi connectivity index (χ3n) is 20.2. The van der Waals surface area contributed by atoms with Gasteiger partial charge in [-0.05, 0) is 213 Å². The fraction of sp³-hybridized carbons (Fsp3) is 0.355. The number of hydrogen-bond acceptors (Lipinski definition) is 2. The summed E-state index contributed by atoms with van der Waals surface area (Å²) in [6, 6.07) is 67.5. The van der Waals surface area contributed by atoms with Crippen LogP contribution in [0.1, 0.15) is 176 Å². The van der Waals surface area contributed by atoms with Gasteiger partial charge in [-0.25, -0.2) is 0 Å². The molecule has 15 rings (SSSR count). The smallest absolute Gasteiger partial charge is 0.402 e. The Morgan fingerprint density at radius 2 is 0.687 bits per heavy atom. The van der Waals surface area contributed by atoms with Crippen molar-refractivity contribution < 1.29 is 17.6 Å². The van der Waals surface area contributed by atoms with Crippen LogP contribution in [-0.4, -0.2) is 14.3 Å². The van der Waals surface area contributed by atoms with Crippen LogP contribution in [0.25, 0.3) is 75.5 Å². The second-order valence-electron chi connectivity index (χ2n) is 35.1. The van der Waals surface area contributed by atoms with Crippen LogP contribution >= 0.6 is 11.3 Å². The van der Waals surface area contributed by atoms with Crippen molar-refractivity contribution in [3.8, 4) is 33.4 Å². The predicted molar refractivity (Wildman–Crippen MR) is 426 cm³/mol. The second-order valence-corrected chi connectivity index (χ2v) is 40.6. The number of benzene rings is 10. The highest BCUT2D eigenvalue weighted by atomic mass is 32.1. The van der Waals surface area contributed by atoms with Crippen molar-refractivity contribution >= 4 is 71.9 Å². The summed E-state index contributed by atoms with van der Waals surface area (Å²) in [5, 5.41) is 8.42. The molecule has 0 fully saturated rings. The third kappa shape index (κ3) is 15.4. The highest BCUT2D eigenvalue weighted by molar-refractivity contribution is 7.25. The molecule has 3 heterocycles. The van der Waals surface area contributed by atoms with Crippen LogP contribution in [0.4, 0.5) is 13.2 Å². The van der Waals surface area contributed by atoms with Gasteiger partial charge in [-0.1, -0.05) is 291 Å². The summed E-state index contributed by atoms with van der Waals surface area (Å²) in [4.78, 5) is 0. The highest BCUT2D eigenvalue weighted by Gasteiger charge is 2.58. The largest absolute Gasteiger partial charge is 0.456 e. The minimum atomic E-state index is -4.33. The minimum Gasteiger partial charge on any atom is -0.456 e. The number of hydrogen-bond donors (Lipinski definition) is 0. The highest BCUT2D eigenvalue weighted by Crippen LogP contribution is 2.57. The van der Waals surface area contributed by atoms with E-state index in [0.29, 0.717) is 38.5 Å². The molecule has 514 valence electrons. The summed E-state index contributed by atoms with van der Waals surface area (Å²) in [5.74, 6) is 0. The number of rotatable bonds is 4. The Morgan fingerprint density at radius 3 is 1.22 bits per heavy atom. The van der Waals surface area contributed by atoms with E-state index in [-0.39, 0.29) is 10.8 Å². The first kappa shape index (κ1) is 72.5. The molecule has 12 aromatic rings. The normalized spacial score (nSPS) is 15.5. The Hall–Kier alpha value is -7.77. The first-order valence-corrected chi connectivity index (χ1v) is 39.5. The summed E-state index contributed by atoms with van der Waals surface area (Å²) in [5.41, 5.74) is 23.5. The summed E-state index contributed by atoms with van der Waals surface area (Å²) in [6.45, 7) is 48.3. The SMILES string of the molecule is Cc1ccc2c(c1)C(C)(C(F)(F)F)c1cc(CC(C)(C)C)ccc1-2.Cc1ccc2c(c1)C(C)(C)c1cc(CC(C)(C)C)ccc1-2.Cc1ccc2c(c1)[Si](C)(C)c1ccccc1-2.Cc1ccc2c(c1)oc1cc(CC(C)(C)C)ccc12.Cc1ccc2c(c1)sc1cc(CC(C)(C)C)ccc12. The van der Waals surface area contributed by atoms with Crippen LogP contribution in [0, 0.1) is 56.3 Å². The molecule has 1 unspecified atom stereocenters. The number of aryl methyl sites for hydroxylation is 5.